The molecule has 0 spiro atoms. The van der Waals surface area contributed by atoms with Crippen molar-refractivity contribution in [1.29, 1.82) is 0 Å². The van der Waals surface area contributed by atoms with E-state index in [1.807, 2.05) is 0 Å². The second-order valence-corrected chi connectivity index (χ2v) is 5.71. The highest BCUT2D eigenvalue weighted by Gasteiger charge is 2.34. The maximum absolute atomic E-state index is 12.2. The second-order valence-electron chi connectivity index (χ2n) is 4.69. The monoisotopic (exact) mass is 297 g/mol. The van der Waals surface area contributed by atoms with E-state index < -0.39 is 0 Å². The van der Waals surface area contributed by atoms with Crippen molar-refractivity contribution in [3.05, 3.63) is 10.4 Å². The van der Waals surface area contributed by atoms with Crippen LogP contribution in [0.25, 0.3) is 0 Å². The minimum absolute atomic E-state index is 0.0532. The molecule has 4 N–H and O–H groups in total. The van der Waals surface area contributed by atoms with Crippen molar-refractivity contribution in [3.8, 4) is 0 Å². The van der Waals surface area contributed by atoms with Gasteiger partial charge in [-0.25, -0.2) is 0 Å². The van der Waals surface area contributed by atoms with Crippen LogP contribution < -0.4 is 16.4 Å². The van der Waals surface area contributed by atoms with Gasteiger partial charge < -0.3 is 21.1 Å². The fourth-order valence-electron chi connectivity index (χ4n) is 1.90. The van der Waals surface area contributed by atoms with Gasteiger partial charge in [-0.15, -0.1) is 11.3 Å². The first-order valence-electron chi connectivity index (χ1n) is 6.51. The molecule has 0 bridgehead atoms. The van der Waals surface area contributed by atoms with Gasteiger partial charge in [0.25, 0.3) is 5.91 Å². The lowest BCUT2D eigenvalue weighted by Gasteiger charge is -2.06. The zero-order valence-corrected chi connectivity index (χ0v) is 12.4. The van der Waals surface area contributed by atoms with Crippen LogP contribution in [0, 0.1) is 5.92 Å². The molecule has 0 atom stereocenters. The number of ketones is 1. The summed E-state index contributed by atoms with van der Waals surface area (Å²) in [7, 11) is 3.15. The molecular weight excluding hydrogens is 278 g/mol. The standard InChI is InChI=1S/C13H19N3O3S/c1-15-12(18)8-9(14)11(10(17)7-3-4-7)20-13(8)16-5-6-19-2/h7,16H,3-6,14H2,1-2H3,(H,15,18). The number of rotatable bonds is 7. The van der Waals surface area contributed by atoms with Crippen molar-refractivity contribution in [3.63, 3.8) is 0 Å². The molecule has 20 heavy (non-hydrogen) atoms. The third-order valence-corrected chi connectivity index (χ3v) is 4.34. The van der Waals surface area contributed by atoms with Crippen LogP contribution in [-0.2, 0) is 4.74 Å². The summed E-state index contributed by atoms with van der Waals surface area (Å²) in [6.07, 6.45) is 1.83. The average Bonchev–Trinajstić information content (AvgIpc) is 3.23. The van der Waals surface area contributed by atoms with E-state index in [9.17, 15) is 9.59 Å². The molecule has 1 heterocycles. The van der Waals surface area contributed by atoms with Crippen LogP contribution in [0.4, 0.5) is 10.7 Å². The van der Waals surface area contributed by atoms with E-state index in [2.05, 4.69) is 10.6 Å². The lowest BCUT2D eigenvalue weighted by molar-refractivity contribution is 0.0964. The number of carbonyl (C=O) groups is 2. The molecular formula is C13H19N3O3S. The number of amides is 1. The molecule has 1 aliphatic rings. The molecule has 7 heteroatoms. The van der Waals surface area contributed by atoms with Crippen LogP contribution in [0.15, 0.2) is 0 Å². The summed E-state index contributed by atoms with van der Waals surface area (Å²) >= 11 is 1.25. The summed E-state index contributed by atoms with van der Waals surface area (Å²) < 4.78 is 4.97. The molecule has 1 fully saturated rings. The minimum Gasteiger partial charge on any atom is -0.397 e. The van der Waals surface area contributed by atoms with Crippen molar-refractivity contribution < 1.29 is 14.3 Å². The van der Waals surface area contributed by atoms with E-state index in [4.69, 9.17) is 10.5 Å². The Hall–Kier alpha value is -1.60. The van der Waals surface area contributed by atoms with E-state index in [0.29, 0.717) is 28.6 Å². The number of methoxy groups -OCH3 is 1. The number of Topliss-reactive ketones (excluding diaryl/α,β-unsaturated/α-hetero) is 1. The van der Waals surface area contributed by atoms with Gasteiger partial charge in [0.1, 0.15) is 5.00 Å². The van der Waals surface area contributed by atoms with Crippen molar-refractivity contribution in [2.24, 2.45) is 5.92 Å². The summed E-state index contributed by atoms with van der Waals surface area (Å²) in [4.78, 5) is 24.6. The summed E-state index contributed by atoms with van der Waals surface area (Å²) in [6, 6.07) is 0. The Morgan fingerprint density at radius 3 is 2.70 bits per heavy atom. The maximum atomic E-state index is 12.2. The van der Waals surface area contributed by atoms with Gasteiger partial charge in [-0.2, -0.15) is 0 Å². The van der Waals surface area contributed by atoms with Crippen molar-refractivity contribution in [2.75, 3.05) is 38.4 Å². The van der Waals surface area contributed by atoms with Gasteiger partial charge in [-0.1, -0.05) is 0 Å². The molecule has 1 saturated carbocycles. The molecule has 0 saturated heterocycles. The Bertz CT molecular complexity index is 523. The van der Waals surface area contributed by atoms with Gasteiger partial charge in [-0.3, -0.25) is 9.59 Å². The number of nitrogens with one attached hydrogen (secondary N) is 2. The number of hydrogen-bond donors (Lipinski definition) is 3. The molecule has 1 aromatic rings. The van der Waals surface area contributed by atoms with Gasteiger partial charge in [0.15, 0.2) is 5.78 Å². The molecule has 110 valence electrons. The van der Waals surface area contributed by atoms with Crippen LogP contribution in [0.5, 0.6) is 0 Å². The average molecular weight is 297 g/mol. The first kappa shape index (κ1) is 14.8. The van der Waals surface area contributed by atoms with E-state index >= 15 is 0 Å². The van der Waals surface area contributed by atoms with Crippen molar-refractivity contribution >= 4 is 33.7 Å². The van der Waals surface area contributed by atoms with Gasteiger partial charge >= 0.3 is 0 Å². The molecule has 0 unspecified atom stereocenters. The van der Waals surface area contributed by atoms with Gasteiger partial charge in [0, 0.05) is 26.6 Å². The lowest BCUT2D eigenvalue weighted by Crippen LogP contribution is -2.20. The predicted octanol–water partition coefficient (Wildman–Crippen LogP) is 1.34. The van der Waals surface area contributed by atoms with Gasteiger partial charge in [0.05, 0.1) is 22.7 Å². The lowest BCUT2D eigenvalue weighted by atomic mass is 10.1. The highest BCUT2D eigenvalue weighted by molar-refractivity contribution is 7.19. The molecule has 6 nitrogen and oxygen atoms in total. The maximum Gasteiger partial charge on any atom is 0.256 e. The van der Waals surface area contributed by atoms with Crippen LogP contribution in [0.1, 0.15) is 32.9 Å². The van der Waals surface area contributed by atoms with Gasteiger partial charge in [-0.05, 0) is 12.8 Å². The Kier molecular flexibility index (Phi) is 4.61. The van der Waals surface area contributed by atoms with E-state index in [1.165, 1.54) is 11.3 Å². The predicted molar refractivity (Wildman–Crippen MR) is 79.5 cm³/mol. The number of anilines is 2. The summed E-state index contributed by atoms with van der Waals surface area (Å²) in [6.45, 7) is 1.06. The number of carbonyl (C=O) groups excluding carboxylic acids is 2. The summed E-state index contributed by atoms with van der Waals surface area (Å²) in [5.41, 5.74) is 6.65. The Balaban J connectivity index is 2.29. The highest BCUT2D eigenvalue weighted by Crippen LogP contribution is 2.41. The number of nitrogen functional groups attached to an aromatic ring is 1. The number of thiophene rings is 1. The molecule has 2 rings (SSSR count). The number of hydrogen-bond acceptors (Lipinski definition) is 6. The molecule has 1 aromatic heterocycles. The van der Waals surface area contributed by atoms with Gasteiger partial charge in [0.2, 0.25) is 0 Å². The molecule has 1 aliphatic carbocycles. The fourth-order valence-corrected chi connectivity index (χ4v) is 3.06. The Morgan fingerprint density at radius 2 is 2.15 bits per heavy atom. The molecule has 1 amide bonds. The zero-order valence-electron chi connectivity index (χ0n) is 11.6. The van der Waals surface area contributed by atoms with Crippen molar-refractivity contribution in [1.82, 2.24) is 5.32 Å². The largest absolute Gasteiger partial charge is 0.397 e. The third-order valence-electron chi connectivity index (χ3n) is 3.16. The van der Waals surface area contributed by atoms with E-state index in [1.54, 1.807) is 14.2 Å². The number of ether oxygens (including phenoxy) is 1. The number of nitrogens with two attached hydrogens (primary N) is 1. The summed E-state index contributed by atoms with van der Waals surface area (Å²) in [5.74, 6) is -0.147. The Morgan fingerprint density at radius 1 is 1.45 bits per heavy atom. The molecule has 0 aliphatic heterocycles. The molecule has 0 radical (unpaired) electrons. The fraction of sp³-hybridized carbons (Fsp3) is 0.538. The zero-order chi connectivity index (χ0) is 14.7. The first-order valence-corrected chi connectivity index (χ1v) is 7.33. The quantitative estimate of drug-likeness (QED) is 0.521. The second kappa shape index (κ2) is 6.23. The van der Waals surface area contributed by atoms with Crippen LogP contribution in [0.2, 0.25) is 0 Å². The van der Waals surface area contributed by atoms with E-state index in [0.717, 1.165) is 12.8 Å². The van der Waals surface area contributed by atoms with Crippen LogP contribution >= 0.6 is 11.3 Å². The topological polar surface area (TPSA) is 93.5 Å². The molecule has 0 aromatic carbocycles. The van der Waals surface area contributed by atoms with Crippen LogP contribution in [-0.4, -0.2) is 39.0 Å². The smallest absolute Gasteiger partial charge is 0.256 e. The first-order chi connectivity index (χ1) is 9.60. The van der Waals surface area contributed by atoms with E-state index in [-0.39, 0.29) is 23.3 Å². The minimum atomic E-state index is -0.284. The summed E-state index contributed by atoms with van der Waals surface area (Å²) in [5, 5.41) is 6.29. The van der Waals surface area contributed by atoms with Crippen molar-refractivity contribution in [2.45, 2.75) is 12.8 Å². The van der Waals surface area contributed by atoms with Crippen LogP contribution in [0.3, 0.4) is 0 Å². The Labute approximate surface area is 121 Å². The highest BCUT2D eigenvalue weighted by atomic mass is 32.1. The third kappa shape index (κ3) is 2.94. The SMILES string of the molecule is CNC(=O)c1c(NCCOC)sc(C(=O)C2CC2)c1N. The normalized spacial score (nSPS) is 14.1.